The zero-order valence-corrected chi connectivity index (χ0v) is 19.5. The zero-order valence-electron chi connectivity index (χ0n) is 19.5. The third kappa shape index (κ3) is 6.87. The first-order valence-electron chi connectivity index (χ1n) is 12.4. The molecule has 0 spiro atoms. The summed E-state index contributed by atoms with van der Waals surface area (Å²) < 4.78 is 0. The molecule has 6 nitrogen and oxygen atoms in total. The molecule has 2 aliphatic rings. The van der Waals surface area contributed by atoms with Crippen molar-refractivity contribution in [3.8, 4) is 0 Å². The Morgan fingerprint density at radius 2 is 1.73 bits per heavy atom. The van der Waals surface area contributed by atoms with Crippen LogP contribution >= 0.6 is 0 Å². The van der Waals surface area contributed by atoms with E-state index in [0.717, 1.165) is 31.6 Å². The Hall–Kier alpha value is -2.73. The fourth-order valence-electron chi connectivity index (χ4n) is 5.20. The number of carbonyl (C=O) groups is 2. The largest absolute Gasteiger partial charge is 0.354 e. The number of hydrogen-bond acceptors (Lipinski definition) is 4. The van der Waals surface area contributed by atoms with Crippen molar-refractivity contribution in [3.05, 3.63) is 66.0 Å². The minimum atomic E-state index is -0.0138. The Morgan fingerprint density at radius 3 is 2.48 bits per heavy atom. The van der Waals surface area contributed by atoms with Crippen molar-refractivity contribution in [1.82, 2.24) is 20.1 Å². The van der Waals surface area contributed by atoms with Gasteiger partial charge < -0.3 is 10.2 Å². The van der Waals surface area contributed by atoms with Gasteiger partial charge in [0.05, 0.1) is 0 Å². The molecule has 0 radical (unpaired) electrons. The van der Waals surface area contributed by atoms with Gasteiger partial charge in [0.25, 0.3) is 0 Å². The molecule has 1 aliphatic heterocycles. The molecule has 6 heteroatoms. The Morgan fingerprint density at radius 1 is 0.970 bits per heavy atom. The highest BCUT2D eigenvalue weighted by molar-refractivity contribution is 5.78. The second kappa shape index (κ2) is 11.9. The highest BCUT2D eigenvalue weighted by Crippen LogP contribution is 2.29. The van der Waals surface area contributed by atoms with Crippen LogP contribution in [-0.2, 0) is 16.1 Å². The van der Waals surface area contributed by atoms with Crippen LogP contribution in [0.1, 0.15) is 62.1 Å². The lowest BCUT2D eigenvalue weighted by Gasteiger charge is -2.32. The number of nitrogens with zero attached hydrogens (tertiary/aromatic N) is 3. The Kier molecular flexibility index (Phi) is 8.47. The van der Waals surface area contributed by atoms with Crippen LogP contribution in [0.5, 0.6) is 0 Å². The van der Waals surface area contributed by atoms with Gasteiger partial charge in [-0.05, 0) is 48.4 Å². The van der Waals surface area contributed by atoms with Crippen LogP contribution in [-0.4, -0.2) is 52.8 Å². The average molecular weight is 449 g/mol. The lowest BCUT2D eigenvalue weighted by Crippen LogP contribution is -2.39. The fraction of sp³-hybridized carbons (Fsp3) is 0.519. The van der Waals surface area contributed by atoms with Gasteiger partial charge in [0.2, 0.25) is 11.8 Å². The Labute approximate surface area is 197 Å². The summed E-state index contributed by atoms with van der Waals surface area (Å²) in [4.78, 5) is 34.4. The van der Waals surface area contributed by atoms with Gasteiger partial charge in [-0.25, -0.2) is 0 Å². The van der Waals surface area contributed by atoms with Crippen molar-refractivity contribution in [2.24, 2.45) is 5.92 Å². The molecule has 1 atom stereocenters. The summed E-state index contributed by atoms with van der Waals surface area (Å²) >= 11 is 0. The third-order valence-corrected chi connectivity index (χ3v) is 7.01. The number of amides is 2. The van der Waals surface area contributed by atoms with Crippen LogP contribution < -0.4 is 5.32 Å². The molecule has 1 aromatic carbocycles. The van der Waals surface area contributed by atoms with Gasteiger partial charge in [-0.3, -0.25) is 19.5 Å². The highest BCUT2D eigenvalue weighted by atomic mass is 16.2. The maximum atomic E-state index is 13.0. The smallest absolute Gasteiger partial charge is 0.222 e. The second-order valence-corrected chi connectivity index (χ2v) is 9.40. The molecule has 2 fully saturated rings. The molecule has 176 valence electrons. The predicted molar refractivity (Wildman–Crippen MR) is 129 cm³/mol. The first-order valence-corrected chi connectivity index (χ1v) is 12.4. The third-order valence-electron chi connectivity index (χ3n) is 7.01. The maximum Gasteiger partial charge on any atom is 0.222 e. The van der Waals surface area contributed by atoms with E-state index in [9.17, 15) is 9.59 Å². The summed E-state index contributed by atoms with van der Waals surface area (Å²) in [5.74, 6) is 0.820. The predicted octanol–water partition coefficient (Wildman–Crippen LogP) is 3.94. The van der Waals surface area contributed by atoms with Crippen molar-refractivity contribution in [2.75, 3.05) is 26.2 Å². The average Bonchev–Trinajstić information content (AvgIpc) is 3.34. The van der Waals surface area contributed by atoms with Crippen molar-refractivity contribution in [2.45, 2.75) is 57.5 Å². The quantitative estimate of drug-likeness (QED) is 0.752. The molecule has 1 aromatic heterocycles. The van der Waals surface area contributed by atoms with E-state index < -0.39 is 0 Å². The maximum absolute atomic E-state index is 13.0. The van der Waals surface area contributed by atoms with E-state index in [0.29, 0.717) is 31.8 Å². The van der Waals surface area contributed by atoms with Gasteiger partial charge in [-0.15, -0.1) is 0 Å². The first-order chi connectivity index (χ1) is 16.2. The van der Waals surface area contributed by atoms with Gasteiger partial charge in [0.1, 0.15) is 0 Å². The van der Waals surface area contributed by atoms with Crippen LogP contribution in [0.15, 0.2) is 54.9 Å². The van der Waals surface area contributed by atoms with Crippen LogP contribution in [0.25, 0.3) is 0 Å². The van der Waals surface area contributed by atoms with Crippen LogP contribution in [0.3, 0.4) is 0 Å². The summed E-state index contributed by atoms with van der Waals surface area (Å²) in [5.41, 5.74) is 2.32. The molecular formula is C27H36N4O2. The molecule has 2 amide bonds. The SMILES string of the molecule is O=C1CC(c2ccccc2)N(Cc2ccncc2)CCCN(C(=O)CC2CCCC2)CCN1. The van der Waals surface area contributed by atoms with Gasteiger partial charge in [-0.2, -0.15) is 0 Å². The summed E-state index contributed by atoms with van der Waals surface area (Å²) in [6, 6.07) is 14.3. The summed E-state index contributed by atoms with van der Waals surface area (Å²) in [6.07, 6.45) is 10.4. The minimum absolute atomic E-state index is 0.0138. The van der Waals surface area contributed by atoms with Crippen LogP contribution in [0.4, 0.5) is 0 Å². The number of rotatable bonds is 5. The number of carbonyl (C=O) groups excluding carboxylic acids is 2. The van der Waals surface area contributed by atoms with E-state index in [1.54, 1.807) is 0 Å². The number of aromatic nitrogens is 1. The molecule has 2 heterocycles. The van der Waals surface area contributed by atoms with Gasteiger partial charge >= 0.3 is 0 Å². The van der Waals surface area contributed by atoms with E-state index in [4.69, 9.17) is 0 Å². The van der Waals surface area contributed by atoms with Gasteiger partial charge in [-0.1, -0.05) is 43.2 Å². The van der Waals surface area contributed by atoms with E-state index in [1.165, 1.54) is 31.2 Å². The Balaban J connectivity index is 1.51. The molecule has 1 N–H and O–H groups in total. The number of pyridine rings is 1. The summed E-state index contributed by atoms with van der Waals surface area (Å²) in [6.45, 7) is 3.41. The van der Waals surface area contributed by atoms with E-state index in [2.05, 4.69) is 27.3 Å². The van der Waals surface area contributed by atoms with Crippen molar-refractivity contribution in [3.63, 3.8) is 0 Å². The highest BCUT2D eigenvalue weighted by Gasteiger charge is 2.26. The van der Waals surface area contributed by atoms with E-state index >= 15 is 0 Å². The summed E-state index contributed by atoms with van der Waals surface area (Å²) in [5, 5.41) is 3.07. The van der Waals surface area contributed by atoms with E-state index in [1.807, 2.05) is 47.6 Å². The van der Waals surface area contributed by atoms with Crippen LogP contribution in [0.2, 0.25) is 0 Å². The lowest BCUT2D eigenvalue weighted by atomic mass is 10.00. The zero-order chi connectivity index (χ0) is 22.9. The molecule has 1 saturated heterocycles. The number of hydrogen-bond donors (Lipinski definition) is 1. The normalized spacial score (nSPS) is 21.4. The standard InChI is InChI=1S/C27H36N4O2/c32-26-20-25(24-9-2-1-3-10-24)31(21-23-11-13-28-14-12-23)17-6-16-30(18-15-29-26)27(33)19-22-7-4-5-8-22/h1-3,9-14,22,25H,4-8,15-21H2,(H,29,32). The number of benzene rings is 1. The molecule has 1 unspecified atom stereocenters. The van der Waals surface area contributed by atoms with E-state index in [-0.39, 0.29) is 17.9 Å². The van der Waals surface area contributed by atoms with Gasteiger partial charge in [0.15, 0.2) is 0 Å². The van der Waals surface area contributed by atoms with Gasteiger partial charge in [0, 0.05) is 64.0 Å². The minimum Gasteiger partial charge on any atom is -0.354 e. The molecule has 1 aliphatic carbocycles. The summed E-state index contributed by atoms with van der Waals surface area (Å²) in [7, 11) is 0. The second-order valence-electron chi connectivity index (χ2n) is 9.40. The molecule has 0 bridgehead atoms. The molecule has 2 aromatic rings. The van der Waals surface area contributed by atoms with Crippen LogP contribution in [0, 0.1) is 5.92 Å². The lowest BCUT2D eigenvalue weighted by molar-refractivity contribution is -0.132. The van der Waals surface area contributed by atoms with Crippen molar-refractivity contribution < 1.29 is 9.59 Å². The number of nitrogens with one attached hydrogen (secondary N) is 1. The Bertz CT molecular complexity index is 884. The molecular weight excluding hydrogens is 412 g/mol. The topological polar surface area (TPSA) is 65.5 Å². The van der Waals surface area contributed by atoms with Crippen molar-refractivity contribution in [1.29, 1.82) is 0 Å². The molecule has 4 rings (SSSR count). The van der Waals surface area contributed by atoms with Crippen molar-refractivity contribution >= 4 is 11.8 Å². The monoisotopic (exact) mass is 448 g/mol. The fourth-order valence-corrected chi connectivity index (χ4v) is 5.20. The molecule has 33 heavy (non-hydrogen) atoms. The first kappa shape index (κ1) is 23.4. The molecule has 1 saturated carbocycles.